The Bertz CT molecular complexity index is 562. The van der Waals surface area contributed by atoms with Crippen molar-refractivity contribution < 1.29 is 0 Å². The summed E-state index contributed by atoms with van der Waals surface area (Å²) in [7, 11) is 0. The first-order chi connectivity index (χ1) is 8.74. The first-order valence-electron chi connectivity index (χ1n) is 6.29. The second-order valence-corrected chi connectivity index (χ2v) is 5.74. The molecule has 18 heavy (non-hydrogen) atoms. The van der Waals surface area contributed by atoms with Crippen molar-refractivity contribution in [1.82, 2.24) is 4.98 Å². The summed E-state index contributed by atoms with van der Waals surface area (Å²) in [5.74, 6) is 0. The third kappa shape index (κ3) is 2.22. The molecule has 0 amide bonds. The molecule has 94 valence electrons. The number of rotatable bonds is 1. The molecule has 1 aromatic heterocycles. The summed E-state index contributed by atoms with van der Waals surface area (Å²) in [5.41, 5.74) is 8.27. The molecule has 1 aliphatic rings. The number of piperidine rings is 1. The Kier molecular flexibility index (Phi) is 3.22. The molecule has 1 aliphatic heterocycles. The van der Waals surface area contributed by atoms with Gasteiger partial charge in [-0.2, -0.15) is 0 Å². The van der Waals surface area contributed by atoms with E-state index in [0.29, 0.717) is 6.04 Å². The van der Waals surface area contributed by atoms with E-state index in [-0.39, 0.29) is 0 Å². The van der Waals surface area contributed by atoms with Crippen molar-refractivity contribution >= 4 is 32.5 Å². The summed E-state index contributed by atoms with van der Waals surface area (Å²) in [4.78, 5) is 6.95. The largest absolute Gasteiger partial charge is 0.370 e. The molecule has 1 saturated heterocycles. The van der Waals surface area contributed by atoms with Crippen LogP contribution in [0.5, 0.6) is 0 Å². The first-order valence-corrected chi connectivity index (χ1v) is 7.08. The molecule has 0 saturated carbocycles. The molecule has 4 heteroatoms. The minimum atomic E-state index is 0.360. The minimum Gasteiger partial charge on any atom is -0.370 e. The summed E-state index contributed by atoms with van der Waals surface area (Å²) in [6.45, 7) is 2.05. The van der Waals surface area contributed by atoms with E-state index in [2.05, 4.69) is 50.1 Å². The third-order valence-corrected chi connectivity index (χ3v) is 3.97. The van der Waals surface area contributed by atoms with Crippen LogP contribution in [0.3, 0.4) is 0 Å². The lowest BCUT2D eigenvalue weighted by molar-refractivity contribution is 0.502. The maximum absolute atomic E-state index is 5.96. The van der Waals surface area contributed by atoms with E-state index in [1.807, 2.05) is 6.20 Å². The van der Waals surface area contributed by atoms with Crippen molar-refractivity contribution in [2.75, 3.05) is 18.0 Å². The Morgan fingerprint density at radius 1 is 1.28 bits per heavy atom. The summed E-state index contributed by atoms with van der Waals surface area (Å²) < 4.78 is 1.02. The van der Waals surface area contributed by atoms with Gasteiger partial charge in [0.2, 0.25) is 0 Å². The van der Waals surface area contributed by atoms with Crippen LogP contribution in [0.15, 0.2) is 34.9 Å². The number of hydrogen-bond donors (Lipinski definition) is 1. The van der Waals surface area contributed by atoms with Gasteiger partial charge >= 0.3 is 0 Å². The molecular weight excluding hydrogens is 290 g/mol. The SMILES string of the molecule is NC1CCN(c2cccc3cc(Br)cnc23)CC1. The number of pyridine rings is 1. The van der Waals surface area contributed by atoms with Crippen LogP contribution >= 0.6 is 15.9 Å². The van der Waals surface area contributed by atoms with Crippen LogP contribution < -0.4 is 10.6 Å². The smallest absolute Gasteiger partial charge is 0.0936 e. The van der Waals surface area contributed by atoms with Crippen molar-refractivity contribution in [3.05, 3.63) is 34.9 Å². The Hall–Kier alpha value is -1.13. The molecule has 0 bridgehead atoms. The standard InChI is InChI=1S/C14H16BrN3/c15-11-8-10-2-1-3-13(14(10)17-9-11)18-6-4-12(16)5-7-18/h1-3,8-9,12H,4-7,16H2. The van der Waals surface area contributed by atoms with Gasteiger partial charge in [-0.05, 0) is 40.9 Å². The Balaban J connectivity index is 2.01. The maximum Gasteiger partial charge on any atom is 0.0936 e. The monoisotopic (exact) mass is 305 g/mol. The summed E-state index contributed by atoms with van der Waals surface area (Å²) in [6, 6.07) is 8.83. The molecule has 0 unspecified atom stereocenters. The number of nitrogens with two attached hydrogens (primary N) is 1. The first kappa shape index (κ1) is 11.9. The summed E-state index contributed by atoms with van der Waals surface area (Å²) in [6.07, 6.45) is 3.99. The zero-order valence-electron chi connectivity index (χ0n) is 10.1. The van der Waals surface area contributed by atoms with Gasteiger partial charge in [-0.25, -0.2) is 0 Å². The number of para-hydroxylation sites is 1. The molecular formula is C14H16BrN3. The van der Waals surface area contributed by atoms with Crippen molar-refractivity contribution in [2.45, 2.75) is 18.9 Å². The van der Waals surface area contributed by atoms with Crippen molar-refractivity contribution in [3.63, 3.8) is 0 Å². The average molecular weight is 306 g/mol. The van der Waals surface area contributed by atoms with Gasteiger partial charge in [0.25, 0.3) is 0 Å². The molecule has 0 spiro atoms. The molecule has 1 aromatic carbocycles. The van der Waals surface area contributed by atoms with Crippen LogP contribution in [0, 0.1) is 0 Å². The van der Waals surface area contributed by atoms with E-state index >= 15 is 0 Å². The molecule has 3 rings (SSSR count). The lowest BCUT2D eigenvalue weighted by Gasteiger charge is -2.32. The highest BCUT2D eigenvalue weighted by atomic mass is 79.9. The fourth-order valence-corrected chi connectivity index (χ4v) is 2.86. The Morgan fingerprint density at radius 2 is 2.06 bits per heavy atom. The van der Waals surface area contributed by atoms with Gasteiger partial charge in [0.1, 0.15) is 0 Å². The molecule has 0 radical (unpaired) electrons. The molecule has 0 aliphatic carbocycles. The number of hydrogen-bond acceptors (Lipinski definition) is 3. The second kappa shape index (κ2) is 4.86. The molecule has 2 N–H and O–H groups in total. The topological polar surface area (TPSA) is 42.1 Å². The summed E-state index contributed by atoms with van der Waals surface area (Å²) in [5, 5.41) is 1.18. The van der Waals surface area contributed by atoms with Gasteiger partial charge < -0.3 is 10.6 Å². The number of halogens is 1. The zero-order chi connectivity index (χ0) is 12.5. The highest BCUT2D eigenvalue weighted by molar-refractivity contribution is 9.10. The Morgan fingerprint density at radius 3 is 2.83 bits per heavy atom. The van der Waals surface area contributed by atoms with Crippen LogP contribution in [-0.4, -0.2) is 24.1 Å². The molecule has 2 heterocycles. The number of fused-ring (bicyclic) bond motifs is 1. The van der Waals surface area contributed by atoms with E-state index in [1.165, 1.54) is 11.1 Å². The highest BCUT2D eigenvalue weighted by Crippen LogP contribution is 2.28. The molecule has 0 atom stereocenters. The normalized spacial score (nSPS) is 17.3. The zero-order valence-corrected chi connectivity index (χ0v) is 11.7. The van der Waals surface area contributed by atoms with Crippen LogP contribution in [0.2, 0.25) is 0 Å². The van der Waals surface area contributed by atoms with E-state index in [4.69, 9.17) is 5.73 Å². The van der Waals surface area contributed by atoms with Gasteiger partial charge in [-0.3, -0.25) is 4.98 Å². The number of aromatic nitrogens is 1. The van der Waals surface area contributed by atoms with Gasteiger partial charge in [0, 0.05) is 35.2 Å². The van der Waals surface area contributed by atoms with Gasteiger partial charge in [-0.1, -0.05) is 12.1 Å². The van der Waals surface area contributed by atoms with E-state index in [1.54, 1.807) is 0 Å². The minimum absolute atomic E-state index is 0.360. The van der Waals surface area contributed by atoms with Crippen LogP contribution in [-0.2, 0) is 0 Å². The van der Waals surface area contributed by atoms with Crippen molar-refractivity contribution in [1.29, 1.82) is 0 Å². The van der Waals surface area contributed by atoms with Gasteiger partial charge in [0.15, 0.2) is 0 Å². The van der Waals surface area contributed by atoms with E-state index < -0.39 is 0 Å². The van der Waals surface area contributed by atoms with Crippen LogP contribution in [0.25, 0.3) is 10.9 Å². The lowest BCUT2D eigenvalue weighted by atomic mass is 10.0. The molecule has 3 nitrogen and oxygen atoms in total. The van der Waals surface area contributed by atoms with Crippen molar-refractivity contribution in [3.8, 4) is 0 Å². The maximum atomic E-state index is 5.96. The molecule has 2 aromatic rings. The molecule has 1 fully saturated rings. The van der Waals surface area contributed by atoms with Crippen molar-refractivity contribution in [2.24, 2.45) is 5.73 Å². The highest BCUT2D eigenvalue weighted by Gasteiger charge is 2.18. The Labute approximate surface area is 115 Å². The lowest BCUT2D eigenvalue weighted by Crippen LogP contribution is -2.39. The number of anilines is 1. The fraction of sp³-hybridized carbons (Fsp3) is 0.357. The number of nitrogens with zero attached hydrogens (tertiary/aromatic N) is 2. The summed E-state index contributed by atoms with van der Waals surface area (Å²) >= 11 is 3.47. The predicted octanol–water partition coefficient (Wildman–Crippen LogP) is 2.92. The third-order valence-electron chi connectivity index (χ3n) is 3.54. The van der Waals surface area contributed by atoms with Gasteiger partial charge in [-0.15, -0.1) is 0 Å². The number of benzene rings is 1. The van der Waals surface area contributed by atoms with Crippen LogP contribution in [0.1, 0.15) is 12.8 Å². The quantitative estimate of drug-likeness (QED) is 0.881. The predicted molar refractivity (Wildman–Crippen MR) is 78.9 cm³/mol. The second-order valence-electron chi connectivity index (χ2n) is 4.83. The van der Waals surface area contributed by atoms with E-state index in [9.17, 15) is 0 Å². The average Bonchev–Trinajstić information content (AvgIpc) is 2.38. The fourth-order valence-electron chi connectivity index (χ4n) is 2.51. The van der Waals surface area contributed by atoms with Crippen LogP contribution in [0.4, 0.5) is 5.69 Å². The van der Waals surface area contributed by atoms with E-state index in [0.717, 1.165) is 35.9 Å². The van der Waals surface area contributed by atoms with Gasteiger partial charge in [0.05, 0.1) is 11.2 Å².